The summed E-state index contributed by atoms with van der Waals surface area (Å²) in [5, 5.41) is 23.2. The number of hydrogen-bond donors (Lipinski definition) is 1. The molecule has 1 heterocycles. The van der Waals surface area contributed by atoms with Crippen LogP contribution in [0.3, 0.4) is 0 Å². The van der Waals surface area contributed by atoms with E-state index in [4.69, 9.17) is 5.26 Å². The normalized spacial score (nSPS) is 16.4. The molecule has 1 aliphatic heterocycles. The Balaban J connectivity index is 2.04. The zero-order chi connectivity index (χ0) is 15.2. The zero-order valence-corrected chi connectivity index (χ0v) is 12.2. The number of nitrogens with one attached hydrogen (secondary N) is 1. The largest absolute Gasteiger partial charge is 0.377 e. The quantitative estimate of drug-likeness (QED) is 0.665. The van der Waals surface area contributed by atoms with Gasteiger partial charge in [0.25, 0.3) is 5.69 Å². The Bertz CT molecular complexity index is 545. The van der Waals surface area contributed by atoms with Crippen LogP contribution in [0.2, 0.25) is 0 Å². The van der Waals surface area contributed by atoms with Crippen LogP contribution in [-0.4, -0.2) is 35.5 Å². The second kappa shape index (κ2) is 7.04. The molecule has 0 spiro atoms. The molecule has 1 aromatic carbocycles. The van der Waals surface area contributed by atoms with Gasteiger partial charge >= 0.3 is 0 Å². The molecule has 0 atom stereocenters. The van der Waals surface area contributed by atoms with Crippen molar-refractivity contribution in [3.8, 4) is 6.07 Å². The molecule has 0 aliphatic carbocycles. The van der Waals surface area contributed by atoms with E-state index >= 15 is 0 Å². The third-order valence-electron chi connectivity index (χ3n) is 3.81. The molecule has 6 nitrogen and oxygen atoms in total. The number of nitriles is 1. The summed E-state index contributed by atoms with van der Waals surface area (Å²) in [5.74, 6) is 0. The van der Waals surface area contributed by atoms with Gasteiger partial charge in [0.1, 0.15) is 5.69 Å². The van der Waals surface area contributed by atoms with Crippen molar-refractivity contribution in [3.05, 3.63) is 33.9 Å². The van der Waals surface area contributed by atoms with E-state index in [0.29, 0.717) is 11.3 Å². The summed E-state index contributed by atoms with van der Waals surface area (Å²) in [6.07, 6.45) is 3.12. The number of rotatable bonds is 5. The maximum Gasteiger partial charge on any atom is 0.293 e. The van der Waals surface area contributed by atoms with E-state index in [0.717, 1.165) is 38.9 Å². The average molecular weight is 288 g/mol. The molecule has 6 heteroatoms. The molecular formula is C15H20N4O2. The maximum atomic E-state index is 11.1. The predicted octanol–water partition coefficient (Wildman–Crippen LogP) is 2.75. The highest BCUT2D eigenvalue weighted by molar-refractivity contribution is 5.64. The molecule has 1 aliphatic rings. The summed E-state index contributed by atoms with van der Waals surface area (Å²) in [6.45, 7) is 5.33. The molecule has 0 radical (unpaired) electrons. The molecule has 1 aromatic rings. The van der Waals surface area contributed by atoms with Gasteiger partial charge < -0.3 is 10.2 Å². The number of nitrogens with zero attached hydrogens (tertiary/aromatic N) is 3. The zero-order valence-electron chi connectivity index (χ0n) is 12.2. The van der Waals surface area contributed by atoms with Crippen LogP contribution in [0.15, 0.2) is 18.2 Å². The van der Waals surface area contributed by atoms with Crippen LogP contribution in [0.4, 0.5) is 11.4 Å². The fourth-order valence-electron chi connectivity index (χ4n) is 2.71. The molecule has 0 saturated carbocycles. The lowest BCUT2D eigenvalue weighted by atomic mass is 10.0. The van der Waals surface area contributed by atoms with Gasteiger partial charge in [0.2, 0.25) is 0 Å². The van der Waals surface area contributed by atoms with Crippen LogP contribution >= 0.6 is 0 Å². The fraction of sp³-hybridized carbons (Fsp3) is 0.533. The lowest BCUT2D eigenvalue weighted by Gasteiger charge is -2.32. The van der Waals surface area contributed by atoms with Gasteiger partial charge in [-0.15, -0.1) is 0 Å². The number of hydrogen-bond acceptors (Lipinski definition) is 5. The van der Waals surface area contributed by atoms with Crippen LogP contribution in [0.25, 0.3) is 0 Å². The summed E-state index contributed by atoms with van der Waals surface area (Å²) in [5.41, 5.74) is 0.794. The molecule has 0 amide bonds. The van der Waals surface area contributed by atoms with E-state index < -0.39 is 4.92 Å². The number of benzene rings is 1. The second-order valence-electron chi connectivity index (χ2n) is 5.36. The lowest BCUT2D eigenvalue weighted by Crippen LogP contribution is -2.39. The molecule has 2 rings (SSSR count). The van der Waals surface area contributed by atoms with Crippen LogP contribution < -0.4 is 5.32 Å². The highest BCUT2D eigenvalue weighted by Gasteiger charge is 2.22. The Morgan fingerprint density at radius 1 is 1.48 bits per heavy atom. The highest BCUT2D eigenvalue weighted by atomic mass is 16.6. The lowest BCUT2D eigenvalue weighted by molar-refractivity contribution is -0.384. The molecular weight excluding hydrogens is 268 g/mol. The molecule has 21 heavy (non-hydrogen) atoms. The van der Waals surface area contributed by atoms with Gasteiger partial charge in [0, 0.05) is 25.2 Å². The summed E-state index contributed by atoms with van der Waals surface area (Å²) in [6, 6.07) is 6.76. The Labute approximate surface area is 124 Å². The topological polar surface area (TPSA) is 82.2 Å². The number of nitro benzene ring substituents is 1. The van der Waals surface area contributed by atoms with E-state index in [1.807, 2.05) is 6.07 Å². The molecule has 1 N–H and O–H groups in total. The molecule has 0 aromatic heterocycles. The van der Waals surface area contributed by atoms with Crippen molar-refractivity contribution in [2.45, 2.75) is 32.2 Å². The smallest absolute Gasteiger partial charge is 0.293 e. The predicted molar refractivity (Wildman–Crippen MR) is 81.2 cm³/mol. The van der Waals surface area contributed by atoms with Gasteiger partial charge in [-0.1, -0.05) is 6.92 Å². The first-order valence-corrected chi connectivity index (χ1v) is 7.31. The van der Waals surface area contributed by atoms with E-state index in [-0.39, 0.29) is 11.7 Å². The monoisotopic (exact) mass is 288 g/mol. The number of piperidine rings is 1. The van der Waals surface area contributed by atoms with Gasteiger partial charge in [-0.25, -0.2) is 0 Å². The van der Waals surface area contributed by atoms with Crippen molar-refractivity contribution >= 4 is 11.4 Å². The fourth-order valence-corrected chi connectivity index (χ4v) is 2.71. The SMILES string of the molecule is CCCN1CCC(Nc2ccc(C#N)cc2[N+](=O)[O-])CC1. The van der Waals surface area contributed by atoms with E-state index in [1.165, 1.54) is 6.07 Å². The van der Waals surface area contributed by atoms with E-state index in [9.17, 15) is 10.1 Å². The number of nitro groups is 1. The standard InChI is InChI=1S/C15H20N4O2/c1-2-7-18-8-5-13(6-9-18)17-14-4-3-12(11-16)10-15(14)19(20)21/h3-4,10,13,17H,2,5-9H2,1H3. The third kappa shape index (κ3) is 3.92. The van der Waals surface area contributed by atoms with Crippen molar-refractivity contribution in [1.82, 2.24) is 4.90 Å². The maximum absolute atomic E-state index is 11.1. The molecule has 1 saturated heterocycles. The number of likely N-dealkylation sites (tertiary alicyclic amines) is 1. The Kier molecular flexibility index (Phi) is 5.12. The summed E-state index contributed by atoms with van der Waals surface area (Å²) in [4.78, 5) is 13.1. The van der Waals surface area contributed by atoms with Gasteiger partial charge in [-0.3, -0.25) is 10.1 Å². The van der Waals surface area contributed by atoms with Crippen LogP contribution in [0.5, 0.6) is 0 Å². The van der Waals surface area contributed by atoms with Crippen LogP contribution in [-0.2, 0) is 0 Å². The Morgan fingerprint density at radius 3 is 2.76 bits per heavy atom. The summed E-state index contributed by atoms with van der Waals surface area (Å²) in [7, 11) is 0. The average Bonchev–Trinajstić information content (AvgIpc) is 2.49. The molecule has 112 valence electrons. The Morgan fingerprint density at radius 2 is 2.19 bits per heavy atom. The van der Waals surface area contributed by atoms with Crippen molar-refractivity contribution in [2.75, 3.05) is 25.0 Å². The first kappa shape index (κ1) is 15.3. The first-order valence-electron chi connectivity index (χ1n) is 7.31. The minimum absolute atomic E-state index is 0.0231. The van der Waals surface area contributed by atoms with Gasteiger partial charge in [-0.2, -0.15) is 5.26 Å². The molecule has 0 bridgehead atoms. The third-order valence-corrected chi connectivity index (χ3v) is 3.81. The van der Waals surface area contributed by atoms with Gasteiger partial charge in [0.05, 0.1) is 16.6 Å². The minimum Gasteiger partial charge on any atom is -0.377 e. The number of anilines is 1. The van der Waals surface area contributed by atoms with Crippen LogP contribution in [0.1, 0.15) is 31.7 Å². The van der Waals surface area contributed by atoms with Gasteiger partial charge in [-0.05, 0) is 37.9 Å². The van der Waals surface area contributed by atoms with Gasteiger partial charge in [0.15, 0.2) is 0 Å². The minimum atomic E-state index is -0.435. The highest BCUT2D eigenvalue weighted by Crippen LogP contribution is 2.27. The van der Waals surface area contributed by atoms with Crippen molar-refractivity contribution in [3.63, 3.8) is 0 Å². The van der Waals surface area contributed by atoms with Crippen molar-refractivity contribution < 1.29 is 4.92 Å². The van der Waals surface area contributed by atoms with E-state index in [2.05, 4.69) is 17.1 Å². The van der Waals surface area contributed by atoms with Crippen molar-refractivity contribution in [1.29, 1.82) is 5.26 Å². The molecule has 1 fully saturated rings. The van der Waals surface area contributed by atoms with Crippen LogP contribution in [0, 0.1) is 21.4 Å². The van der Waals surface area contributed by atoms with E-state index in [1.54, 1.807) is 12.1 Å². The van der Waals surface area contributed by atoms with Crippen molar-refractivity contribution in [2.24, 2.45) is 0 Å². The summed E-state index contributed by atoms with van der Waals surface area (Å²) >= 11 is 0. The molecule has 0 unspecified atom stereocenters. The summed E-state index contributed by atoms with van der Waals surface area (Å²) < 4.78 is 0. The first-order chi connectivity index (χ1) is 10.1. The second-order valence-corrected chi connectivity index (χ2v) is 5.36. The Hall–Kier alpha value is -2.13.